The number of aryl methyl sites for hydroxylation is 1. The maximum atomic E-state index is 11.5. The molecule has 0 amide bonds. The highest BCUT2D eigenvalue weighted by Gasteiger charge is 2.41. The van der Waals surface area contributed by atoms with E-state index in [1.54, 1.807) is 19.5 Å². The summed E-state index contributed by atoms with van der Waals surface area (Å²) < 4.78 is 15.9. The summed E-state index contributed by atoms with van der Waals surface area (Å²) in [6.07, 6.45) is 10.9. The maximum absolute atomic E-state index is 11.5. The molecule has 1 N–H and O–H groups in total. The average Bonchev–Trinajstić information content (AvgIpc) is 3.29. The lowest BCUT2D eigenvalue weighted by molar-refractivity contribution is -0.156. The van der Waals surface area contributed by atoms with Crippen LogP contribution in [0.4, 0.5) is 0 Å². The van der Waals surface area contributed by atoms with E-state index in [9.17, 15) is 14.7 Å². The Kier molecular flexibility index (Phi) is 8.90. The van der Waals surface area contributed by atoms with Gasteiger partial charge in [0.05, 0.1) is 18.6 Å². The summed E-state index contributed by atoms with van der Waals surface area (Å²) in [4.78, 5) is 22.9. The summed E-state index contributed by atoms with van der Waals surface area (Å²) in [5, 5.41) is 10.5. The number of aliphatic hydroxyl groups excluding tert-OH is 1. The molecule has 1 aliphatic heterocycles. The number of furan rings is 1. The quantitative estimate of drug-likeness (QED) is 0.415. The third-order valence-electron chi connectivity index (χ3n) is 5.51. The zero-order valence-corrected chi connectivity index (χ0v) is 18.5. The summed E-state index contributed by atoms with van der Waals surface area (Å²) in [7, 11) is 0. The summed E-state index contributed by atoms with van der Waals surface area (Å²) in [6, 6.07) is 1.96. The predicted molar refractivity (Wildman–Crippen MR) is 114 cm³/mol. The standard InChI is InChI=1S/C24H34O6/c1-17(6-5-7-20-11-13-28-16-20)14-21(29-19(3)25)15-18(2)8-9-22(26)24(4)12-10-23(27)30-24/h6,11,13,15-16,21-22,26H,5,7-10,12,14H2,1-4H3/b17-6+,18-15+/t21-,22+,24-/m0/s1. The van der Waals surface area contributed by atoms with Gasteiger partial charge in [-0.2, -0.15) is 0 Å². The molecule has 0 saturated carbocycles. The first-order valence-electron chi connectivity index (χ1n) is 10.6. The Morgan fingerprint density at radius 2 is 2.10 bits per heavy atom. The van der Waals surface area contributed by atoms with Gasteiger partial charge < -0.3 is 19.0 Å². The fraction of sp³-hybridized carbons (Fsp3) is 0.583. The van der Waals surface area contributed by atoms with Crippen molar-refractivity contribution in [3.63, 3.8) is 0 Å². The smallest absolute Gasteiger partial charge is 0.306 e. The minimum Gasteiger partial charge on any atom is -0.472 e. The van der Waals surface area contributed by atoms with Crippen molar-refractivity contribution in [2.45, 2.75) is 90.4 Å². The van der Waals surface area contributed by atoms with Crippen LogP contribution in [-0.2, 0) is 25.5 Å². The van der Waals surface area contributed by atoms with Crippen LogP contribution in [0.1, 0.15) is 71.8 Å². The van der Waals surface area contributed by atoms with Gasteiger partial charge in [0, 0.05) is 19.8 Å². The van der Waals surface area contributed by atoms with Crippen LogP contribution < -0.4 is 0 Å². The lowest BCUT2D eigenvalue weighted by Gasteiger charge is -2.28. The number of rotatable bonds is 11. The first kappa shape index (κ1) is 23.9. The first-order chi connectivity index (χ1) is 14.2. The second-order valence-electron chi connectivity index (χ2n) is 8.43. The van der Waals surface area contributed by atoms with Gasteiger partial charge >= 0.3 is 11.9 Å². The van der Waals surface area contributed by atoms with Gasteiger partial charge in [-0.3, -0.25) is 9.59 Å². The Balaban J connectivity index is 1.88. The molecule has 0 spiro atoms. The van der Waals surface area contributed by atoms with E-state index in [1.165, 1.54) is 6.92 Å². The molecule has 1 aromatic heterocycles. The van der Waals surface area contributed by atoms with Crippen LogP contribution in [0.5, 0.6) is 0 Å². The fourth-order valence-corrected chi connectivity index (χ4v) is 3.69. The molecular formula is C24H34O6. The summed E-state index contributed by atoms with van der Waals surface area (Å²) in [6.45, 7) is 7.19. The van der Waals surface area contributed by atoms with Gasteiger partial charge in [-0.1, -0.05) is 17.2 Å². The number of aliphatic hydroxyl groups is 1. The molecule has 0 aliphatic carbocycles. The summed E-state index contributed by atoms with van der Waals surface area (Å²) in [5.41, 5.74) is 2.53. The minimum atomic E-state index is -0.805. The molecule has 6 heteroatoms. The number of carbonyl (C=O) groups excluding carboxylic acids is 2. The summed E-state index contributed by atoms with van der Waals surface area (Å²) >= 11 is 0. The number of ether oxygens (including phenoxy) is 2. The number of cyclic esters (lactones) is 1. The monoisotopic (exact) mass is 418 g/mol. The number of hydrogen-bond donors (Lipinski definition) is 1. The molecule has 1 saturated heterocycles. The van der Waals surface area contributed by atoms with E-state index in [0.29, 0.717) is 32.1 Å². The highest BCUT2D eigenvalue weighted by molar-refractivity contribution is 5.72. The molecule has 6 nitrogen and oxygen atoms in total. The topological polar surface area (TPSA) is 86.0 Å². The molecule has 0 unspecified atom stereocenters. The molecule has 2 rings (SSSR count). The third kappa shape index (κ3) is 7.82. The van der Waals surface area contributed by atoms with Crippen molar-refractivity contribution in [1.82, 2.24) is 0 Å². The maximum Gasteiger partial charge on any atom is 0.306 e. The number of hydrogen-bond acceptors (Lipinski definition) is 6. The van der Waals surface area contributed by atoms with Crippen LogP contribution in [0.25, 0.3) is 0 Å². The predicted octanol–water partition coefficient (Wildman–Crippen LogP) is 4.66. The Morgan fingerprint density at radius 1 is 1.33 bits per heavy atom. The molecule has 1 fully saturated rings. The van der Waals surface area contributed by atoms with Gasteiger partial charge in [0.25, 0.3) is 0 Å². The SMILES string of the molecule is CC(=O)O[C@H](/C=C(\C)CC[C@@H](O)[C@]1(C)CCC(=O)O1)C/C(C)=C/CCc1ccoc1. The van der Waals surface area contributed by atoms with Crippen molar-refractivity contribution in [3.8, 4) is 0 Å². The first-order valence-corrected chi connectivity index (χ1v) is 10.6. The highest BCUT2D eigenvalue weighted by atomic mass is 16.6. The van der Waals surface area contributed by atoms with E-state index < -0.39 is 11.7 Å². The van der Waals surface area contributed by atoms with Crippen LogP contribution >= 0.6 is 0 Å². The molecule has 3 atom stereocenters. The Hall–Kier alpha value is -2.34. The average molecular weight is 419 g/mol. The van der Waals surface area contributed by atoms with Crippen molar-refractivity contribution in [1.29, 1.82) is 0 Å². The molecule has 166 valence electrons. The van der Waals surface area contributed by atoms with Crippen molar-refractivity contribution >= 4 is 11.9 Å². The van der Waals surface area contributed by atoms with Crippen LogP contribution in [0.2, 0.25) is 0 Å². The Morgan fingerprint density at radius 3 is 2.70 bits per heavy atom. The molecular weight excluding hydrogens is 384 g/mol. The normalized spacial score (nSPS) is 22.0. The Labute approximate surface area is 178 Å². The summed E-state index contributed by atoms with van der Waals surface area (Å²) in [5.74, 6) is -0.575. The molecule has 0 radical (unpaired) electrons. The van der Waals surface area contributed by atoms with Crippen molar-refractivity contribution in [2.24, 2.45) is 0 Å². The van der Waals surface area contributed by atoms with Crippen LogP contribution in [0.3, 0.4) is 0 Å². The molecule has 2 heterocycles. The van der Waals surface area contributed by atoms with Crippen molar-refractivity contribution < 1.29 is 28.6 Å². The van der Waals surface area contributed by atoms with Crippen molar-refractivity contribution in [2.75, 3.05) is 0 Å². The molecule has 30 heavy (non-hydrogen) atoms. The van der Waals surface area contributed by atoms with Gasteiger partial charge in [0.1, 0.15) is 11.7 Å². The Bertz CT molecular complexity index is 761. The van der Waals surface area contributed by atoms with Crippen LogP contribution in [0.15, 0.2) is 46.3 Å². The zero-order valence-electron chi connectivity index (χ0n) is 18.5. The van der Waals surface area contributed by atoms with E-state index in [1.807, 2.05) is 26.0 Å². The van der Waals surface area contributed by atoms with Gasteiger partial charge in [0.2, 0.25) is 0 Å². The van der Waals surface area contributed by atoms with E-state index >= 15 is 0 Å². The van der Waals surface area contributed by atoms with Crippen LogP contribution in [0, 0.1) is 0 Å². The molecule has 0 bridgehead atoms. The third-order valence-corrected chi connectivity index (χ3v) is 5.51. The lowest BCUT2D eigenvalue weighted by atomic mass is 9.91. The van der Waals surface area contributed by atoms with Crippen molar-refractivity contribution in [3.05, 3.63) is 47.5 Å². The van der Waals surface area contributed by atoms with Gasteiger partial charge in [0.15, 0.2) is 0 Å². The molecule has 1 aliphatic rings. The number of carbonyl (C=O) groups is 2. The van der Waals surface area contributed by atoms with Gasteiger partial charge in [-0.05, 0) is 70.6 Å². The highest BCUT2D eigenvalue weighted by Crippen LogP contribution is 2.32. The molecule has 0 aromatic carbocycles. The number of esters is 2. The zero-order chi connectivity index (χ0) is 22.1. The van der Waals surface area contributed by atoms with Crippen LogP contribution in [-0.4, -0.2) is 34.9 Å². The second-order valence-corrected chi connectivity index (χ2v) is 8.43. The minimum absolute atomic E-state index is 0.256. The number of allylic oxidation sites excluding steroid dienone is 2. The van der Waals surface area contributed by atoms with E-state index in [-0.39, 0.29) is 18.0 Å². The van der Waals surface area contributed by atoms with Gasteiger partial charge in [-0.25, -0.2) is 0 Å². The second kappa shape index (κ2) is 11.2. The molecule has 1 aromatic rings. The lowest BCUT2D eigenvalue weighted by Crippen LogP contribution is -2.39. The fourth-order valence-electron chi connectivity index (χ4n) is 3.69. The van der Waals surface area contributed by atoms with Gasteiger partial charge in [-0.15, -0.1) is 0 Å². The largest absolute Gasteiger partial charge is 0.472 e. The van der Waals surface area contributed by atoms with E-state index in [0.717, 1.165) is 29.6 Å². The van der Waals surface area contributed by atoms with E-state index in [4.69, 9.17) is 13.9 Å². The van der Waals surface area contributed by atoms with E-state index in [2.05, 4.69) is 6.08 Å².